The van der Waals surface area contributed by atoms with E-state index in [1.165, 1.54) is 65.0 Å². The molecule has 3 heteroatoms. The highest BCUT2D eigenvalue weighted by molar-refractivity contribution is 4.76. The number of likely N-dealkylation sites (tertiary alicyclic amines) is 2. The first-order valence-electron chi connectivity index (χ1n) is 7.32. The van der Waals surface area contributed by atoms with Crippen molar-refractivity contribution >= 4 is 0 Å². The second-order valence-corrected chi connectivity index (χ2v) is 6.20. The summed E-state index contributed by atoms with van der Waals surface area (Å²) >= 11 is 0. The molecule has 1 N–H and O–H groups in total. The third-order valence-electron chi connectivity index (χ3n) is 4.31. The molecule has 0 bridgehead atoms. The molecule has 0 radical (unpaired) electrons. The summed E-state index contributed by atoms with van der Waals surface area (Å²) in [7, 11) is 4.50. The molecular weight excluding hydrogens is 210 g/mol. The summed E-state index contributed by atoms with van der Waals surface area (Å²) in [5.41, 5.74) is 0. The van der Waals surface area contributed by atoms with Crippen molar-refractivity contribution < 1.29 is 0 Å². The van der Waals surface area contributed by atoms with Crippen LogP contribution in [0.4, 0.5) is 0 Å². The highest BCUT2D eigenvalue weighted by atomic mass is 15.1. The van der Waals surface area contributed by atoms with Gasteiger partial charge in [-0.2, -0.15) is 0 Å². The molecule has 0 aromatic heterocycles. The number of hydrogen-bond donors (Lipinski definition) is 1. The zero-order chi connectivity index (χ0) is 12.1. The van der Waals surface area contributed by atoms with Crippen molar-refractivity contribution in [3.05, 3.63) is 0 Å². The van der Waals surface area contributed by atoms with E-state index in [2.05, 4.69) is 29.2 Å². The molecule has 2 unspecified atom stereocenters. The molecule has 2 rings (SSSR count). The number of hydrogen-bond acceptors (Lipinski definition) is 3. The smallest absolute Gasteiger partial charge is 0.00187 e. The summed E-state index contributed by atoms with van der Waals surface area (Å²) in [4.78, 5) is 4.95. The Bertz CT molecular complexity index is 198. The Morgan fingerprint density at radius 3 is 1.76 bits per heavy atom. The summed E-state index contributed by atoms with van der Waals surface area (Å²) in [5.74, 6) is 1.77. The zero-order valence-corrected chi connectivity index (χ0v) is 11.6. The maximum Gasteiger partial charge on any atom is 0.00187 e. The lowest BCUT2D eigenvalue weighted by Crippen LogP contribution is -2.41. The topological polar surface area (TPSA) is 18.5 Å². The molecule has 2 atom stereocenters. The van der Waals surface area contributed by atoms with Crippen LogP contribution in [0.3, 0.4) is 0 Å². The lowest BCUT2D eigenvalue weighted by Gasteiger charge is -2.32. The van der Waals surface area contributed by atoms with Crippen LogP contribution in [0, 0.1) is 11.8 Å². The van der Waals surface area contributed by atoms with Crippen molar-refractivity contribution in [2.45, 2.75) is 25.7 Å². The van der Waals surface area contributed by atoms with Crippen molar-refractivity contribution in [1.82, 2.24) is 15.1 Å². The first-order chi connectivity index (χ1) is 8.24. The number of piperidine rings is 2. The number of nitrogens with one attached hydrogen (secondary N) is 1. The van der Waals surface area contributed by atoms with Gasteiger partial charge in [-0.25, -0.2) is 0 Å². The molecular formula is C14H29N3. The largest absolute Gasteiger partial charge is 0.316 e. The van der Waals surface area contributed by atoms with Gasteiger partial charge in [0.1, 0.15) is 0 Å². The van der Waals surface area contributed by atoms with Gasteiger partial charge in [0.15, 0.2) is 0 Å². The summed E-state index contributed by atoms with van der Waals surface area (Å²) in [5, 5.41) is 3.71. The molecule has 0 saturated carbocycles. The summed E-state index contributed by atoms with van der Waals surface area (Å²) in [6.07, 6.45) is 5.61. The SMILES string of the molecule is CN1CCCC(CNCC2CCCN(C)C2)C1. The van der Waals surface area contributed by atoms with E-state index in [0.29, 0.717) is 0 Å². The monoisotopic (exact) mass is 239 g/mol. The maximum absolute atomic E-state index is 3.71. The van der Waals surface area contributed by atoms with Crippen molar-refractivity contribution in [2.24, 2.45) is 11.8 Å². The standard InChI is InChI=1S/C14H29N3/c1-16-7-3-5-13(11-16)9-15-10-14-6-4-8-17(2)12-14/h13-15H,3-12H2,1-2H3. The Balaban J connectivity index is 1.58. The lowest BCUT2D eigenvalue weighted by molar-refractivity contribution is 0.188. The van der Waals surface area contributed by atoms with Crippen LogP contribution in [0.2, 0.25) is 0 Å². The van der Waals surface area contributed by atoms with Gasteiger partial charge in [0, 0.05) is 13.1 Å². The minimum atomic E-state index is 0.884. The Labute approximate surface area is 107 Å². The van der Waals surface area contributed by atoms with Crippen LogP contribution in [0.15, 0.2) is 0 Å². The fraction of sp³-hybridized carbons (Fsp3) is 1.00. The van der Waals surface area contributed by atoms with Gasteiger partial charge < -0.3 is 15.1 Å². The molecule has 2 heterocycles. The van der Waals surface area contributed by atoms with Gasteiger partial charge in [0.2, 0.25) is 0 Å². The second kappa shape index (κ2) is 6.72. The van der Waals surface area contributed by atoms with Crippen molar-refractivity contribution in [1.29, 1.82) is 0 Å². The molecule has 2 fully saturated rings. The summed E-state index contributed by atoms with van der Waals surface area (Å²) in [6.45, 7) is 7.62. The molecule has 0 aliphatic carbocycles. The molecule has 0 spiro atoms. The molecule has 2 aliphatic heterocycles. The van der Waals surface area contributed by atoms with E-state index in [9.17, 15) is 0 Å². The van der Waals surface area contributed by atoms with Crippen molar-refractivity contribution in [2.75, 3.05) is 53.4 Å². The van der Waals surface area contributed by atoms with E-state index in [1.54, 1.807) is 0 Å². The van der Waals surface area contributed by atoms with Crippen LogP contribution in [0.5, 0.6) is 0 Å². The fourth-order valence-corrected chi connectivity index (χ4v) is 3.37. The Kier molecular flexibility index (Phi) is 5.26. The summed E-state index contributed by atoms with van der Waals surface area (Å²) in [6, 6.07) is 0. The van der Waals surface area contributed by atoms with Crippen LogP contribution in [-0.2, 0) is 0 Å². The number of rotatable bonds is 4. The third kappa shape index (κ3) is 4.57. The van der Waals surface area contributed by atoms with E-state index in [4.69, 9.17) is 0 Å². The van der Waals surface area contributed by atoms with E-state index in [1.807, 2.05) is 0 Å². The Morgan fingerprint density at radius 2 is 1.35 bits per heavy atom. The highest BCUT2D eigenvalue weighted by Crippen LogP contribution is 2.16. The van der Waals surface area contributed by atoms with E-state index >= 15 is 0 Å². The van der Waals surface area contributed by atoms with E-state index < -0.39 is 0 Å². The van der Waals surface area contributed by atoms with Crippen molar-refractivity contribution in [3.8, 4) is 0 Å². The minimum absolute atomic E-state index is 0.884. The number of nitrogens with zero attached hydrogens (tertiary/aromatic N) is 2. The molecule has 0 aromatic carbocycles. The van der Waals surface area contributed by atoms with Gasteiger partial charge in [-0.15, -0.1) is 0 Å². The van der Waals surface area contributed by atoms with Gasteiger partial charge in [-0.3, -0.25) is 0 Å². The van der Waals surface area contributed by atoms with E-state index in [0.717, 1.165) is 11.8 Å². The van der Waals surface area contributed by atoms with E-state index in [-0.39, 0.29) is 0 Å². The Morgan fingerprint density at radius 1 is 0.882 bits per heavy atom. The van der Waals surface area contributed by atoms with Gasteiger partial charge in [0.05, 0.1) is 0 Å². The summed E-state index contributed by atoms with van der Waals surface area (Å²) < 4.78 is 0. The first kappa shape index (κ1) is 13.3. The predicted molar refractivity (Wildman–Crippen MR) is 73.3 cm³/mol. The molecule has 2 aliphatic rings. The molecule has 3 nitrogen and oxygen atoms in total. The molecule has 0 amide bonds. The highest BCUT2D eigenvalue weighted by Gasteiger charge is 2.19. The lowest BCUT2D eigenvalue weighted by atomic mass is 9.96. The molecule has 0 aromatic rings. The normalized spacial score (nSPS) is 32.8. The molecule has 2 saturated heterocycles. The zero-order valence-electron chi connectivity index (χ0n) is 11.6. The third-order valence-corrected chi connectivity index (χ3v) is 4.31. The second-order valence-electron chi connectivity index (χ2n) is 6.20. The van der Waals surface area contributed by atoms with Gasteiger partial charge in [0.25, 0.3) is 0 Å². The molecule has 100 valence electrons. The van der Waals surface area contributed by atoms with Gasteiger partial charge in [-0.05, 0) is 77.8 Å². The quantitative estimate of drug-likeness (QED) is 0.797. The van der Waals surface area contributed by atoms with Gasteiger partial charge >= 0.3 is 0 Å². The van der Waals surface area contributed by atoms with Crippen molar-refractivity contribution in [3.63, 3.8) is 0 Å². The van der Waals surface area contributed by atoms with Crippen LogP contribution < -0.4 is 5.32 Å². The Hall–Kier alpha value is -0.120. The fourth-order valence-electron chi connectivity index (χ4n) is 3.37. The average Bonchev–Trinajstić information content (AvgIpc) is 2.29. The molecule has 17 heavy (non-hydrogen) atoms. The van der Waals surface area contributed by atoms with Crippen LogP contribution in [0.1, 0.15) is 25.7 Å². The van der Waals surface area contributed by atoms with Crippen LogP contribution in [0.25, 0.3) is 0 Å². The first-order valence-corrected chi connectivity index (χ1v) is 7.32. The maximum atomic E-state index is 3.71. The average molecular weight is 239 g/mol. The van der Waals surface area contributed by atoms with Crippen LogP contribution >= 0.6 is 0 Å². The minimum Gasteiger partial charge on any atom is -0.316 e. The van der Waals surface area contributed by atoms with Gasteiger partial charge in [-0.1, -0.05) is 0 Å². The predicted octanol–water partition coefficient (Wildman–Crippen LogP) is 1.26. The van der Waals surface area contributed by atoms with Crippen LogP contribution in [-0.4, -0.2) is 63.2 Å².